The maximum atomic E-state index is 13.6. The molecule has 202 valence electrons. The number of aryl methyl sites for hydroxylation is 1. The number of carboxylic acid groups (broad SMARTS) is 1. The topological polar surface area (TPSA) is 119 Å². The van der Waals surface area contributed by atoms with Gasteiger partial charge in [-0.3, -0.25) is 9.59 Å². The second-order valence-electron chi connectivity index (χ2n) is 9.58. The van der Waals surface area contributed by atoms with Gasteiger partial charge >= 0.3 is 5.97 Å². The summed E-state index contributed by atoms with van der Waals surface area (Å²) in [5, 5.41) is 11.2. The van der Waals surface area contributed by atoms with E-state index in [0.717, 1.165) is 43.4 Å². The molecular weight excluding hydrogens is 494 g/mol. The molecule has 2 atom stereocenters. The molecule has 0 bridgehead atoms. The van der Waals surface area contributed by atoms with Crippen LogP contribution in [-0.2, 0) is 25.8 Å². The third-order valence-corrected chi connectivity index (χ3v) is 9.12. The molecule has 1 aliphatic rings. The van der Waals surface area contributed by atoms with E-state index in [1.165, 1.54) is 25.3 Å². The van der Waals surface area contributed by atoms with Crippen molar-refractivity contribution in [1.82, 2.24) is 0 Å². The number of carboxylic acids is 1. The van der Waals surface area contributed by atoms with Crippen molar-refractivity contribution in [2.45, 2.75) is 81.5 Å². The predicted molar refractivity (Wildman–Crippen MR) is 142 cm³/mol. The Hall–Kier alpha value is -3.07. The quantitative estimate of drug-likeness (QED) is 0.362. The third kappa shape index (κ3) is 7.47. The zero-order valence-corrected chi connectivity index (χ0v) is 22.6. The van der Waals surface area contributed by atoms with Crippen molar-refractivity contribution in [3.05, 3.63) is 48.0 Å². The summed E-state index contributed by atoms with van der Waals surface area (Å²) < 4.78 is 38.5. The summed E-state index contributed by atoms with van der Waals surface area (Å²) in [7, 11) is -2.53. The Morgan fingerprint density at radius 3 is 2.43 bits per heavy atom. The minimum Gasteiger partial charge on any atom is -0.493 e. The van der Waals surface area contributed by atoms with Gasteiger partial charge in [0.25, 0.3) is 0 Å². The lowest BCUT2D eigenvalue weighted by molar-refractivity contribution is -0.137. The fraction of sp³-hybridized carbons (Fsp3) is 0.500. The van der Waals surface area contributed by atoms with Crippen LogP contribution < -0.4 is 14.8 Å². The standard InChI is InChI=1S/C28H37NO7S/c1-4-20-9-5-8-12-24(20)29-28(32)19(2)13-14-23(18-27(30)31)37(33,34)22-15-16-25(35-3)26(17-22)36-21-10-6-7-11-21/h5,8-9,12,15-17,19,21,23H,4,6-7,10-11,13-14,18H2,1-3H3,(H,29,32)(H,30,31). The Morgan fingerprint density at radius 1 is 1.08 bits per heavy atom. The average Bonchev–Trinajstić information content (AvgIpc) is 3.39. The minimum atomic E-state index is -4.02. The highest BCUT2D eigenvalue weighted by atomic mass is 32.2. The third-order valence-electron chi connectivity index (χ3n) is 6.93. The van der Waals surface area contributed by atoms with E-state index in [1.807, 2.05) is 31.2 Å². The molecule has 2 aromatic rings. The van der Waals surface area contributed by atoms with Crippen LogP contribution in [0, 0.1) is 5.92 Å². The number of rotatable bonds is 13. The SMILES string of the molecule is CCc1ccccc1NC(=O)C(C)CCC(CC(=O)O)S(=O)(=O)c1ccc(OC)c(OC2CCCC2)c1. The number of benzene rings is 2. The van der Waals surface area contributed by atoms with Crippen molar-refractivity contribution >= 4 is 27.4 Å². The highest BCUT2D eigenvalue weighted by Crippen LogP contribution is 2.35. The van der Waals surface area contributed by atoms with Gasteiger partial charge in [-0.15, -0.1) is 0 Å². The highest BCUT2D eigenvalue weighted by molar-refractivity contribution is 7.92. The number of para-hydroxylation sites is 1. The monoisotopic (exact) mass is 531 g/mol. The smallest absolute Gasteiger partial charge is 0.304 e. The summed E-state index contributed by atoms with van der Waals surface area (Å²) in [5.74, 6) is -1.18. The molecular formula is C28H37NO7S. The molecule has 1 saturated carbocycles. The van der Waals surface area contributed by atoms with Crippen molar-refractivity contribution in [3.8, 4) is 11.5 Å². The molecule has 0 saturated heterocycles. The number of amides is 1. The molecule has 1 aliphatic carbocycles. The largest absolute Gasteiger partial charge is 0.493 e. The molecule has 37 heavy (non-hydrogen) atoms. The maximum Gasteiger partial charge on any atom is 0.304 e. The summed E-state index contributed by atoms with van der Waals surface area (Å²) in [6.07, 6.45) is 4.36. The molecule has 2 unspecified atom stereocenters. The Balaban J connectivity index is 1.75. The van der Waals surface area contributed by atoms with E-state index in [4.69, 9.17) is 9.47 Å². The first kappa shape index (κ1) is 28.5. The van der Waals surface area contributed by atoms with Gasteiger partial charge in [0, 0.05) is 17.7 Å². The first-order valence-electron chi connectivity index (χ1n) is 12.8. The minimum absolute atomic E-state index is 0.00104. The Labute approximate surface area is 219 Å². The summed E-state index contributed by atoms with van der Waals surface area (Å²) in [6, 6.07) is 11.9. The molecule has 2 N–H and O–H groups in total. The second-order valence-corrected chi connectivity index (χ2v) is 11.8. The number of hydrogen-bond donors (Lipinski definition) is 2. The summed E-state index contributed by atoms with van der Waals surface area (Å²) >= 11 is 0. The van der Waals surface area contributed by atoms with Crippen LogP contribution in [0.1, 0.15) is 64.4 Å². The van der Waals surface area contributed by atoms with Crippen molar-refractivity contribution in [2.75, 3.05) is 12.4 Å². The predicted octanol–water partition coefficient (Wildman–Crippen LogP) is 5.25. The van der Waals surface area contributed by atoms with Gasteiger partial charge in [0.05, 0.1) is 29.8 Å². The number of sulfone groups is 1. The molecule has 9 heteroatoms. The number of carbonyl (C=O) groups excluding carboxylic acids is 1. The van der Waals surface area contributed by atoms with Crippen LogP contribution in [0.2, 0.25) is 0 Å². The lowest BCUT2D eigenvalue weighted by Crippen LogP contribution is -2.28. The van der Waals surface area contributed by atoms with Crippen LogP contribution in [0.15, 0.2) is 47.4 Å². The number of anilines is 1. The normalized spacial score (nSPS) is 15.6. The molecule has 1 amide bonds. The van der Waals surface area contributed by atoms with Crippen LogP contribution in [0.25, 0.3) is 0 Å². The zero-order valence-electron chi connectivity index (χ0n) is 21.7. The summed E-state index contributed by atoms with van der Waals surface area (Å²) in [6.45, 7) is 3.72. The molecule has 3 rings (SSSR count). The molecule has 1 fully saturated rings. The van der Waals surface area contributed by atoms with Crippen LogP contribution >= 0.6 is 0 Å². The van der Waals surface area contributed by atoms with Gasteiger partial charge in [-0.05, 0) is 68.7 Å². The van der Waals surface area contributed by atoms with E-state index >= 15 is 0 Å². The van der Waals surface area contributed by atoms with E-state index in [2.05, 4.69) is 5.32 Å². The van der Waals surface area contributed by atoms with Gasteiger partial charge < -0.3 is 19.9 Å². The molecule has 8 nitrogen and oxygen atoms in total. The number of carbonyl (C=O) groups is 2. The van der Waals surface area contributed by atoms with E-state index < -0.39 is 33.4 Å². The van der Waals surface area contributed by atoms with Crippen molar-refractivity contribution in [3.63, 3.8) is 0 Å². The fourth-order valence-corrected chi connectivity index (χ4v) is 6.36. The van der Waals surface area contributed by atoms with Gasteiger partial charge in [-0.25, -0.2) is 8.42 Å². The summed E-state index contributed by atoms with van der Waals surface area (Å²) in [4.78, 5) is 24.4. The van der Waals surface area contributed by atoms with Crippen LogP contribution in [0.4, 0.5) is 5.69 Å². The van der Waals surface area contributed by atoms with Crippen LogP contribution in [0.5, 0.6) is 11.5 Å². The lowest BCUT2D eigenvalue weighted by Gasteiger charge is -2.21. The van der Waals surface area contributed by atoms with Crippen molar-refractivity contribution in [1.29, 1.82) is 0 Å². The number of hydrogen-bond acceptors (Lipinski definition) is 6. The molecule has 2 aromatic carbocycles. The first-order valence-corrected chi connectivity index (χ1v) is 14.4. The number of nitrogens with one attached hydrogen (secondary N) is 1. The Bertz CT molecular complexity index is 1190. The van der Waals surface area contributed by atoms with Gasteiger partial charge in [-0.1, -0.05) is 32.0 Å². The van der Waals surface area contributed by atoms with Crippen LogP contribution in [-0.4, -0.2) is 43.9 Å². The average molecular weight is 532 g/mol. The van der Waals surface area contributed by atoms with Gasteiger partial charge in [0.2, 0.25) is 5.91 Å². The molecule has 0 aromatic heterocycles. The molecule has 0 radical (unpaired) electrons. The summed E-state index contributed by atoms with van der Waals surface area (Å²) in [5.41, 5.74) is 1.73. The lowest BCUT2D eigenvalue weighted by atomic mass is 10.0. The Kier molecular flexibility index (Phi) is 9.97. The fourth-order valence-electron chi connectivity index (χ4n) is 4.64. The number of ether oxygens (including phenoxy) is 2. The molecule has 0 spiro atoms. The van der Waals surface area contributed by atoms with Crippen molar-refractivity contribution in [2.24, 2.45) is 5.92 Å². The zero-order chi connectivity index (χ0) is 27.0. The van der Waals surface area contributed by atoms with Gasteiger partial charge in [0.15, 0.2) is 21.3 Å². The van der Waals surface area contributed by atoms with Gasteiger partial charge in [-0.2, -0.15) is 0 Å². The molecule has 0 aliphatic heterocycles. The number of methoxy groups -OCH3 is 1. The highest BCUT2D eigenvalue weighted by Gasteiger charge is 2.32. The van der Waals surface area contributed by atoms with Crippen LogP contribution in [0.3, 0.4) is 0 Å². The Morgan fingerprint density at radius 2 is 1.78 bits per heavy atom. The number of aliphatic carboxylic acids is 1. The maximum absolute atomic E-state index is 13.6. The van der Waals surface area contributed by atoms with E-state index in [-0.39, 0.29) is 29.7 Å². The molecule has 0 heterocycles. The first-order chi connectivity index (χ1) is 17.6. The van der Waals surface area contributed by atoms with Crippen molar-refractivity contribution < 1.29 is 32.6 Å². The van der Waals surface area contributed by atoms with E-state index in [9.17, 15) is 23.1 Å². The van der Waals surface area contributed by atoms with E-state index in [0.29, 0.717) is 11.5 Å². The van der Waals surface area contributed by atoms with Gasteiger partial charge in [0.1, 0.15) is 0 Å². The van der Waals surface area contributed by atoms with E-state index in [1.54, 1.807) is 6.92 Å². The second kappa shape index (κ2) is 12.9.